The molecule has 2 saturated heterocycles. The number of piperidine rings is 1. The maximum absolute atomic E-state index is 12.5. The molecule has 4 rings (SSSR count). The average molecular weight is 328 g/mol. The third-order valence-corrected chi connectivity index (χ3v) is 5.12. The number of nitrogens with zero attached hydrogens (tertiary/aromatic N) is 5. The minimum Gasteiger partial charge on any atom is -0.331 e. The molecule has 2 aromatic rings. The Morgan fingerprint density at radius 1 is 1.17 bits per heavy atom. The average Bonchev–Trinajstić information content (AvgIpc) is 3.30. The van der Waals surface area contributed by atoms with E-state index in [1.54, 1.807) is 0 Å². The van der Waals surface area contributed by atoms with Gasteiger partial charge in [-0.3, -0.25) is 9.30 Å². The highest BCUT2D eigenvalue weighted by Crippen LogP contribution is 2.20. The van der Waals surface area contributed by atoms with Crippen LogP contribution in [0.5, 0.6) is 0 Å². The van der Waals surface area contributed by atoms with E-state index >= 15 is 0 Å². The molecule has 0 saturated carbocycles. The first-order valence-electron chi connectivity index (χ1n) is 8.87. The minimum absolute atomic E-state index is 0.00609. The first kappa shape index (κ1) is 15.4. The second-order valence-corrected chi connectivity index (χ2v) is 6.69. The standard InChI is InChI=1S/C17H24N6O/c24-17(18-12-16-20-19-15-7-1-2-11-23(15)16)22-10-5-6-14(13-22)21-8-3-4-9-21/h1-2,7,11,14H,3-6,8-10,12-13H2,(H,18,24). The number of carbonyl (C=O) groups is 1. The van der Waals surface area contributed by atoms with Crippen molar-refractivity contribution in [3.05, 3.63) is 30.2 Å². The number of likely N-dealkylation sites (tertiary alicyclic amines) is 2. The molecule has 2 aliphatic rings. The van der Waals surface area contributed by atoms with Gasteiger partial charge >= 0.3 is 6.03 Å². The van der Waals surface area contributed by atoms with Gasteiger partial charge in [-0.1, -0.05) is 6.07 Å². The van der Waals surface area contributed by atoms with E-state index in [0.717, 1.165) is 31.0 Å². The summed E-state index contributed by atoms with van der Waals surface area (Å²) in [4.78, 5) is 17.0. The number of rotatable bonds is 3. The SMILES string of the molecule is O=C(NCc1nnc2ccccn12)N1CCCC(N2CCCC2)C1. The zero-order chi connectivity index (χ0) is 16.4. The maximum Gasteiger partial charge on any atom is 0.317 e. The molecule has 0 aliphatic carbocycles. The third-order valence-electron chi connectivity index (χ3n) is 5.12. The summed E-state index contributed by atoms with van der Waals surface area (Å²) >= 11 is 0. The molecule has 4 heterocycles. The molecule has 7 nitrogen and oxygen atoms in total. The summed E-state index contributed by atoms with van der Waals surface area (Å²) in [6.07, 6.45) is 6.80. The van der Waals surface area contributed by atoms with Crippen molar-refractivity contribution in [2.45, 2.75) is 38.3 Å². The van der Waals surface area contributed by atoms with Crippen LogP contribution in [-0.4, -0.2) is 62.6 Å². The van der Waals surface area contributed by atoms with E-state index in [0.29, 0.717) is 12.6 Å². The normalized spacial score (nSPS) is 22.2. The molecular formula is C17H24N6O. The number of aromatic nitrogens is 3. The number of nitrogens with one attached hydrogen (secondary N) is 1. The molecule has 7 heteroatoms. The number of carbonyl (C=O) groups excluding carboxylic acids is 1. The summed E-state index contributed by atoms with van der Waals surface area (Å²) in [5, 5.41) is 11.3. The fourth-order valence-electron chi connectivity index (χ4n) is 3.82. The number of hydrogen-bond donors (Lipinski definition) is 1. The molecule has 2 aromatic heterocycles. The van der Waals surface area contributed by atoms with Crippen molar-refractivity contribution >= 4 is 11.7 Å². The van der Waals surface area contributed by atoms with E-state index in [-0.39, 0.29) is 6.03 Å². The molecule has 2 amide bonds. The Kier molecular flexibility index (Phi) is 4.34. The number of hydrogen-bond acceptors (Lipinski definition) is 4. The van der Waals surface area contributed by atoms with Crippen molar-refractivity contribution in [1.82, 2.24) is 29.7 Å². The topological polar surface area (TPSA) is 65.8 Å². The van der Waals surface area contributed by atoms with Crippen LogP contribution < -0.4 is 5.32 Å². The largest absolute Gasteiger partial charge is 0.331 e. The van der Waals surface area contributed by atoms with Gasteiger partial charge < -0.3 is 10.2 Å². The van der Waals surface area contributed by atoms with Crippen LogP contribution in [0.4, 0.5) is 4.79 Å². The van der Waals surface area contributed by atoms with Crippen LogP contribution in [0.3, 0.4) is 0 Å². The van der Waals surface area contributed by atoms with Crippen LogP contribution in [0.2, 0.25) is 0 Å². The molecule has 0 bridgehead atoms. The van der Waals surface area contributed by atoms with Gasteiger partial charge in [0.05, 0.1) is 6.54 Å². The van der Waals surface area contributed by atoms with Gasteiger partial charge in [-0.2, -0.15) is 0 Å². The second-order valence-electron chi connectivity index (χ2n) is 6.69. The molecule has 0 spiro atoms. The van der Waals surface area contributed by atoms with Crippen molar-refractivity contribution in [3.63, 3.8) is 0 Å². The number of fused-ring (bicyclic) bond motifs is 1. The Morgan fingerprint density at radius 2 is 2.04 bits per heavy atom. The molecule has 2 fully saturated rings. The Morgan fingerprint density at radius 3 is 2.92 bits per heavy atom. The summed E-state index contributed by atoms with van der Waals surface area (Å²) in [5.41, 5.74) is 0.800. The molecule has 2 aliphatic heterocycles. The van der Waals surface area contributed by atoms with Crippen molar-refractivity contribution in [2.24, 2.45) is 0 Å². The van der Waals surface area contributed by atoms with Gasteiger partial charge in [0.15, 0.2) is 11.5 Å². The molecule has 1 N–H and O–H groups in total. The van der Waals surface area contributed by atoms with Gasteiger partial charge in [0.25, 0.3) is 0 Å². The van der Waals surface area contributed by atoms with Crippen molar-refractivity contribution in [3.8, 4) is 0 Å². The van der Waals surface area contributed by atoms with Crippen molar-refractivity contribution in [2.75, 3.05) is 26.2 Å². The smallest absolute Gasteiger partial charge is 0.317 e. The van der Waals surface area contributed by atoms with E-state index < -0.39 is 0 Å². The van der Waals surface area contributed by atoms with E-state index in [1.165, 1.54) is 32.4 Å². The van der Waals surface area contributed by atoms with Gasteiger partial charge in [0.1, 0.15) is 0 Å². The third kappa shape index (κ3) is 3.08. The monoisotopic (exact) mass is 328 g/mol. The Balaban J connectivity index is 1.35. The van der Waals surface area contributed by atoms with Gasteiger partial charge in [-0.25, -0.2) is 4.79 Å². The highest BCUT2D eigenvalue weighted by molar-refractivity contribution is 5.74. The van der Waals surface area contributed by atoms with Crippen LogP contribution in [-0.2, 0) is 6.54 Å². The van der Waals surface area contributed by atoms with E-state index in [9.17, 15) is 4.79 Å². The molecule has 1 atom stereocenters. The summed E-state index contributed by atoms with van der Waals surface area (Å²) in [6.45, 7) is 4.45. The fourth-order valence-corrected chi connectivity index (χ4v) is 3.82. The quantitative estimate of drug-likeness (QED) is 0.927. The molecular weight excluding hydrogens is 304 g/mol. The predicted molar refractivity (Wildman–Crippen MR) is 90.6 cm³/mol. The van der Waals surface area contributed by atoms with Crippen molar-refractivity contribution < 1.29 is 4.79 Å². The second kappa shape index (κ2) is 6.76. The highest BCUT2D eigenvalue weighted by atomic mass is 16.2. The summed E-state index contributed by atoms with van der Waals surface area (Å²) < 4.78 is 1.91. The first-order chi connectivity index (χ1) is 11.8. The summed E-state index contributed by atoms with van der Waals surface area (Å²) in [7, 11) is 0. The molecule has 128 valence electrons. The minimum atomic E-state index is 0.00609. The number of pyridine rings is 1. The summed E-state index contributed by atoms with van der Waals surface area (Å²) in [5.74, 6) is 0.757. The van der Waals surface area contributed by atoms with Crippen molar-refractivity contribution in [1.29, 1.82) is 0 Å². The molecule has 1 unspecified atom stereocenters. The van der Waals surface area contributed by atoms with Gasteiger partial charge in [0.2, 0.25) is 0 Å². The van der Waals surface area contributed by atoms with Crippen LogP contribution in [0, 0.1) is 0 Å². The first-order valence-corrected chi connectivity index (χ1v) is 8.87. The highest BCUT2D eigenvalue weighted by Gasteiger charge is 2.29. The summed E-state index contributed by atoms with van der Waals surface area (Å²) in [6, 6.07) is 6.31. The molecule has 0 radical (unpaired) electrons. The fraction of sp³-hybridized carbons (Fsp3) is 0.588. The number of urea groups is 1. The Hall–Kier alpha value is -2.15. The van der Waals surface area contributed by atoms with Crippen LogP contribution in [0.25, 0.3) is 5.65 Å². The molecule has 24 heavy (non-hydrogen) atoms. The zero-order valence-electron chi connectivity index (χ0n) is 13.9. The van der Waals surface area contributed by atoms with Crippen LogP contribution in [0.15, 0.2) is 24.4 Å². The van der Waals surface area contributed by atoms with Gasteiger partial charge in [-0.15, -0.1) is 10.2 Å². The number of amides is 2. The Bertz CT molecular complexity index is 708. The van der Waals surface area contributed by atoms with Gasteiger partial charge in [0, 0.05) is 25.3 Å². The Labute approximate surface area is 141 Å². The van der Waals surface area contributed by atoms with Crippen LogP contribution >= 0.6 is 0 Å². The van der Waals surface area contributed by atoms with E-state index in [1.807, 2.05) is 33.7 Å². The zero-order valence-corrected chi connectivity index (χ0v) is 13.9. The predicted octanol–water partition coefficient (Wildman–Crippen LogP) is 1.50. The van der Waals surface area contributed by atoms with Gasteiger partial charge in [-0.05, 0) is 50.9 Å². The van der Waals surface area contributed by atoms with Crippen LogP contribution in [0.1, 0.15) is 31.5 Å². The lowest BCUT2D eigenvalue weighted by molar-refractivity contribution is 0.125. The lowest BCUT2D eigenvalue weighted by Crippen LogP contribution is -2.51. The lowest BCUT2D eigenvalue weighted by atomic mass is 10.0. The van der Waals surface area contributed by atoms with E-state index in [2.05, 4.69) is 20.4 Å². The maximum atomic E-state index is 12.5. The van der Waals surface area contributed by atoms with E-state index in [4.69, 9.17) is 0 Å². The molecule has 0 aromatic carbocycles. The lowest BCUT2D eigenvalue weighted by Gasteiger charge is -2.37.